The Morgan fingerprint density at radius 1 is 1.25 bits per heavy atom. The van der Waals surface area contributed by atoms with Gasteiger partial charge >= 0.3 is 0 Å². The predicted octanol–water partition coefficient (Wildman–Crippen LogP) is 1.65. The first-order valence-corrected chi connectivity index (χ1v) is 6.76. The Bertz CT molecular complexity index is 654. The number of amides is 1. The van der Waals surface area contributed by atoms with Gasteiger partial charge in [-0.05, 0) is 18.2 Å². The molecule has 2 heterocycles. The van der Waals surface area contributed by atoms with Crippen molar-refractivity contribution in [2.45, 2.75) is 6.92 Å². The van der Waals surface area contributed by atoms with Gasteiger partial charge in [-0.2, -0.15) is 0 Å². The van der Waals surface area contributed by atoms with Crippen LogP contribution >= 0.6 is 0 Å². The third-order valence-corrected chi connectivity index (χ3v) is 3.91. The van der Waals surface area contributed by atoms with E-state index in [0.29, 0.717) is 5.56 Å². The summed E-state index contributed by atoms with van der Waals surface area (Å²) in [5, 5.41) is 0.950. The number of H-pyrrole nitrogens is 1. The maximum atomic E-state index is 11.3. The summed E-state index contributed by atoms with van der Waals surface area (Å²) in [6.45, 7) is 4.76. The topological polar surface area (TPSA) is 56.4 Å². The molecule has 104 valence electrons. The van der Waals surface area contributed by atoms with Crippen LogP contribution in [0.4, 0.5) is 5.69 Å². The molecule has 5 heteroatoms. The predicted molar refractivity (Wildman–Crippen MR) is 78.2 cm³/mol. The number of anilines is 1. The summed E-state index contributed by atoms with van der Waals surface area (Å²) in [5.74, 6) is 0.133. The van der Waals surface area contributed by atoms with Gasteiger partial charge in [0.2, 0.25) is 5.91 Å². The van der Waals surface area contributed by atoms with Gasteiger partial charge in [-0.15, -0.1) is 0 Å². The molecule has 0 atom stereocenters. The molecule has 0 saturated carbocycles. The molecule has 1 fully saturated rings. The Labute approximate surface area is 117 Å². The molecule has 20 heavy (non-hydrogen) atoms. The highest BCUT2D eigenvalue weighted by Crippen LogP contribution is 2.24. The molecule has 0 spiro atoms. The van der Waals surface area contributed by atoms with Crippen molar-refractivity contribution in [3.63, 3.8) is 0 Å². The van der Waals surface area contributed by atoms with Crippen LogP contribution in [-0.2, 0) is 4.79 Å². The molecule has 1 aliphatic rings. The number of carbonyl (C=O) groups excluding carboxylic acids is 2. The number of piperazine rings is 1. The van der Waals surface area contributed by atoms with Crippen molar-refractivity contribution in [2.75, 3.05) is 31.1 Å². The lowest BCUT2D eigenvalue weighted by Crippen LogP contribution is -2.48. The van der Waals surface area contributed by atoms with Gasteiger partial charge in [0.25, 0.3) is 0 Å². The lowest BCUT2D eigenvalue weighted by atomic mass is 10.1. The van der Waals surface area contributed by atoms with Crippen LogP contribution < -0.4 is 4.90 Å². The molecule has 0 unspecified atom stereocenters. The fourth-order valence-corrected chi connectivity index (χ4v) is 2.70. The molecular formula is C15H17N3O2. The van der Waals surface area contributed by atoms with Gasteiger partial charge < -0.3 is 14.8 Å². The van der Waals surface area contributed by atoms with Crippen molar-refractivity contribution in [1.82, 2.24) is 9.88 Å². The van der Waals surface area contributed by atoms with E-state index in [1.54, 1.807) is 13.1 Å². The molecule has 0 bridgehead atoms. The largest absolute Gasteiger partial charge is 0.368 e. The average Bonchev–Trinajstić information content (AvgIpc) is 2.89. The molecule has 3 rings (SSSR count). The summed E-state index contributed by atoms with van der Waals surface area (Å²) in [6.07, 6.45) is 2.60. The fourth-order valence-electron chi connectivity index (χ4n) is 2.70. The van der Waals surface area contributed by atoms with Crippen LogP contribution in [0.25, 0.3) is 10.9 Å². The van der Waals surface area contributed by atoms with E-state index >= 15 is 0 Å². The van der Waals surface area contributed by atoms with Gasteiger partial charge in [0, 0.05) is 61.5 Å². The summed E-state index contributed by atoms with van der Waals surface area (Å²) < 4.78 is 0. The van der Waals surface area contributed by atoms with Crippen LogP contribution in [0.15, 0.2) is 24.4 Å². The molecule has 5 nitrogen and oxygen atoms in total. The zero-order valence-electron chi connectivity index (χ0n) is 11.4. The van der Waals surface area contributed by atoms with E-state index in [1.165, 1.54) is 0 Å². The van der Waals surface area contributed by atoms with E-state index in [9.17, 15) is 9.59 Å². The second-order valence-electron chi connectivity index (χ2n) is 5.08. The number of carbonyl (C=O) groups is 2. The van der Waals surface area contributed by atoms with Crippen molar-refractivity contribution < 1.29 is 9.59 Å². The van der Waals surface area contributed by atoms with Crippen LogP contribution in [0.3, 0.4) is 0 Å². The van der Waals surface area contributed by atoms with E-state index in [0.717, 1.165) is 49.1 Å². The molecule has 1 saturated heterocycles. The molecule has 2 aromatic rings. The first-order chi connectivity index (χ1) is 9.69. The number of hydrogen-bond acceptors (Lipinski definition) is 3. The number of hydrogen-bond donors (Lipinski definition) is 1. The summed E-state index contributed by atoms with van der Waals surface area (Å²) in [7, 11) is 0. The Hall–Kier alpha value is -2.30. The van der Waals surface area contributed by atoms with Crippen LogP contribution in [0.2, 0.25) is 0 Å². The zero-order chi connectivity index (χ0) is 14.1. The quantitative estimate of drug-likeness (QED) is 0.845. The highest BCUT2D eigenvalue weighted by Gasteiger charge is 2.19. The molecule has 1 amide bonds. The molecule has 0 aliphatic carbocycles. The van der Waals surface area contributed by atoms with Crippen LogP contribution in [0.5, 0.6) is 0 Å². The van der Waals surface area contributed by atoms with Crippen molar-refractivity contribution in [3.05, 3.63) is 30.0 Å². The Morgan fingerprint density at radius 3 is 2.65 bits per heavy atom. The van der Waals surface area contributed by atoms with Gasteiger partial charge in [-0.1, -0.05) is 0 Å². The maximum absolute atomic E-state index is 11.3. The van der Waals surface area contributed by atoms with Gasteiger partial charge in [0.1, 0.15) is 0 Å². The number of aldehydes is 1. The first-order valence-electron chi connectivity index (χ1n) is 6.76. The van der Waals surface area contributed by atoms with E-state index < -0.39 is 0 Å². The van der Waals surface area contributed by atoms with Crippen molar-refractivity contribution in [1.29, 1.82) is 0 Å². The summed E-state index contributed by atoms with van der Waals surface area (Å²) in [6, 6.07) is 6.09. The normalized spacial score (nSPS) is 15.7. The van der Waals surface area contributed by atoms with Crippen molar-refractivity contribution >= 4 is 28.8 Å². The summed E-state index contributed by atoms with van der Waals surface area (Å²) in [4.78, 5) is 29.5. The minimum absolute atomic E-state index is 0.133. The standard InChI is InChI=1S/C15H17N3O2/c1-11(20)17-4-6-18(7-5-17)13-2-3-15-14(8-13)12(10-19)9-16-15/h2-3,8-10,16H,4-7H2,1H3. The average molecular weight is 271 g/mol. The molecule has 1 aromatic heterocycles. The zero-order valence-corrected chi connectivity index (χ0v) is 11.4. The van der Waals surface area contributed by atoms with Gasteiger partial charge in [-0.3, -0.25) is 9.59 Å². The van der Waals surface area contributed by atoms with E-state index in [1.807, 2.05) is 17.0 Å². The molecule has 1 aliphatic heterocycles. The molecule has 0 radical (unpaired) electrons. The number of aromatic amines is 1. The second-order valence-corrected chi connectivity index (χ2v) is 5.08. The van der Waals surface area contributed by atoms with E-state index in [2.05, 4.69) is 16.0 Å². The van der Waals surface area contributed by atoms with E-state index in [4.69, 9.17) is 0 Å². The van der Waals surface area contributed by atoms with Crippen molar-refractivity contribution in [3.8, 4) is 0 Å². The lowest BCUT2D eigenvalue weighted by molar-refractivity contribution is -0.129. The number of aromatic nitrogens is 1. The fraction of sp³-hybridized carbons (Fsp3) is 0.333. The third-order valence-electron chi connectivity index (χ3n) is 3.91. The lowest BCUT2D eigenvalue weighted by Gasteiger charge is -2.35. The minimum atomic E-state index is 0.133. The maximum Gasteiger partial charge on any atom is 0.219 e. The Balaban J connectivity index is 1.84. The Morgan fingerprint density at radius 2 is 2.00 bits per heavy atom. The number of fused-ring (bicyclic) bond motifs is 1. The number of benzene rings is 1. The first kappa shape index (κ1) is 12.7. The monoisotopic (exact) mass is 271 g/mol. The van der Waals surface area contributed by atoms with Crippen molar-refractivity contribution in [2.24, 2.45) is 0 Å². The van der Waals surface area contributed by atoms with Gasteiger partial charge in [0.15, 0.2) is 6.29 Å². The van der Waals surface area contributed by atoms with Gasteiger partial charge in [0.05, 0.1) is 0 Å². The van der Waals surface area contributed by atoms with Crippen LogP contribution in [-0.4, -0.2) is 48.3 Å². The number of nitrogens with one attached hydrogen (secondary N) is 1. The number of nitrogens with zero attached hydrogens (tertiary/aromatic N) is 2. The second kappa shape index (κ2) is 5.00. The van der Waals surface area contributed by atoms with Crippen LogP contribution in [0.1, 0.15) is 17.3 Å². The summed E-state index contributed by atoms with van der Waals surface area (Å²) in [5.41, 5.74) is 2.76. The molecule has 1 aromatic carbocycles. The highest BCUT2D eigenvalue weighted by atomic mass is 16.2. The van der Waals surface area contributed by atoms with E-state index in [-0.39, 0.29) is 5.91 Å². The minimum Gasteiger partial charge on any atom is -0.368 e. The smallest absolute Gasteiger partial charge is 0.219 e. The SMILES string of the molecule is CC(=O)N1CCN(c2ccc3[nH]cc(C=O)c3c2)CC1. The molecule has 1 N–H and O–H groups in total. The van der Waals surface area contributed by atoms with Crippen LogP contribution in [0, 0.1) is 0 Å². The molecular weight excluding hydrogens is 254 g/mol. The highest BCUT2D eigenvalue weighted by molar-refractivity contribution is 5.98. The van der Waals surface area contributed by atoms with Gasteiger partial charge in [-0.25, -0.2) is 0 Å². The third kappa shape index (κ3) is 2.15. The summed E-state index contributed by atoms with van der Waals surface area (Å²) >= 11 is 0. The Kier molecular flexibility index (Phi) is 3.18. The number of rotatable bonds is 2.